The minimum atomic E-state index is -0.316. The molecule has 0 radical (unpaired) electrons. The van der Waals surface area contributed by atoms with Crippen LogP contribution in [0.1, 0.15) is 47.2 Å². The van der Waals surface area contributed by atoms with Crippen LogP contribution >= 0.6 is 0 Å². The minimum Gasteiger partial charge on any atom is -0.456 e. The maximum atomic E-state index is 6.17. The lowest BCUT2D eigenvalue weighted by Crippen LogP contribution is -2.23. The summed E-state index contributed by atoms with van der Waals surface area (Å²) in [6.45, 7) is 4.78. The van der Waals surface area contributed by atoms with Crippen LogP contribution in [0.4, 0.5) is 17.1 Å². The Hall–Kier alpha value is -7.42. The molecule has 2 atom stereocenters. The first-order valence-corrected chi connectivity index (χ1v) is 20.9. The summed E-state index contributed by atoms with van der Waals surface area (Å²) in [7, 11) is 0. The molecule has 10 aromatic rings. The number of nitrogens with zero attached hydrogens (tertiary/aromatic N) is 1. The molecule has 0 N–H and O–H groups in total. The Kier molecular flexibility index (Phi) is 7.52. The third-order valence-corrected chi connectivity index (χ3v) is 13.6. The molecule has 0 spiro atoms. The molecule has 60 heavy (non-hydrogen) atoms. The number of hydrogen-bond acceptors (Lipinski definition) is 2. The molecular weight excluding hydrogens is 727 g/mol. The van der Waals surface area contributed by atoms with Crippen LogP contribution in [-0.2, 0) is 10.8 Å². The highest BCUT2D eigenvalue weighted by Gasteiger charge is 2.42. The van der Waals surface area contributed by atoms with Crippen molar-refractivity contribution < 1.29 is 4.42 Å². The summed E-state index contributed by atoms with van der Waals surface area (Å²) in [5, 5.41) is 2.27. The van der Waals surface area contributed by atoms with Crippen LogP contribution in [0.15, 0.2) is 217 Å². The minimum absolute atomic E-state index is 0.267. The summed E-state index contributed by atoms with van der Waals surface area (Å²) >= 11 is 0. The molecule has 0 aliphatic heterocycles. The van der Waals surface area contributed by atoms with Crippen LogP contribution in [0.5, 0.6) is 0 Å². The van der Waals surface area contributed by atoms with Crippen molar-refractivity contribution in [2.75, 3.05) is 4.90 Å². The fourth-order valence-electron chi connectivity index (χ4n) is 10.6. The molecule has 2 aliphatic rings. The molecule has 1 aromatic heterocycles. The number of furan rings is 1. The van der Waals surface area contributed by atoms with Gasteiger partial charge in [-0.3, -0.25) is 0 Å². The normalized spacial score (nSPS) is 17.3. The standard InChI is InChI=1S/C58H41NO/c1-57(40-15-5-3-6-16-40)52-23-13-10-20-46(52)49-36-43(31-33-53(49)57)59(42-28-25-38(26-29-42)39-27-34-56-50(35-39)48-21-11-14-24-55(48)60-56)44-30-32-47-45-19-9-12-22-51(45)58(2,54(47)37-44)41-17-7-4-8-18-41/h3-37H,1-2H3. The number of rotatable bonds is 6. The van der Waals surface area contributed by atoms with Gasteiger partial charge in [-0.15, -0.1) is 0 Å². The van der Waals surface area contributed by atoms with Gasteiger partial charge in [0, 0.05) is 38.7 Å². The molecule has 9 aromatic carbocycles. The SMILES string of the molecule is CC1(c2ccccc2)c2ccccc2-c2cc(N(c3ccc(-c4ccc5oc6ccccc6c5c4)cc3)c3ccc4c(c3)C(C)(c3ccccc3)c3ccccc3-4)ccc21. The van der Waals surface area contributed by atoms with Gasteiger partial charge in [0.2, 0.25) is 0 Å². The second kappa shape index (κ2) is 13.0. The van der Waals surface area contributed by atoms with Gasteiger partial charge in [-0.25, -0.2) is 0 Å². The Balaban J connectivity index is 1.04. The van der Waals surface area contributed by atoms with E-state index in [2.05, 4.69) is 219 Å². The second-order valence-electron chi connectivity index (χ2n) is 16.7. The number of benzene rings is 9. The van der Waals surface area contributed by atoms with E-state index in [0.717, 1.165) is 50.1 Å². The zero-order valence-corrected chi connectivity index (χ0v) is 33.6. The van der Waals surface area contributed by atoms with Crippen molar-refractivity contribution in [3.05, 3.63) is 246 Å². The fraction of sp³-hybridized carbons (Fsp3) is 0.0690. The quantitative estimate of drug-likeness (QED) is 0.168. The highest BCUT2D eigenvalue weighted by atomic mass is 16.3. The first-order chi connectivity index (χ1) is 29.5. The summed E-state index contributed by atoms with van der Waals surface area (Å²) in [6.07, 6.45) is 0. The first kappa shape index (κ1) is 34.6. The summed E-state index contributed by atoms with van der Waals surface area (Å²) < 4.78 is 6.17. The van der Waals surface area contributed by atoms with Gasteiger partial charge in [0.15, 0.2) is 0 Å². The van der Waals surface area contributed by atoms with Crippen LogP contribution in [0.3, 0.4) is 0 Å². The van der Waals surface area contributed by atoms with Crippen molar-refractivity contribution in [2.24, 2.45) is 0 Å². The molecule has 0 amide bonds. The molecule has 2 unspecified atom stereocenters. The summed E-state index contributed by atoms with van der Waals surface area (Å²) in [4.78, 5) is 2.45. The maximum absolute atomic E-state index is 6.17. The first-order valence-electron chi connectivity index (χ1n) is 20.9. The highest BCUT2D eigenvalue weighted by Crippen LogP contribution is 2.56. The van der Waals surface area contributed by atoms with Gasteiger partial charge in [0.05, 0.1) is 0 Å². The van der Waals surface area contributed by atoms with E-state index in [0.29, 0.717) is 0 Å². The van der Waals surface area contributed by atoms with E-state index in [4.69, 9.17) is 4.42 Å². The Morgan fingerprint density at radius 2 is 0.833 bits per heavy atom. The van der Waals surface area contributed by atoms with Gasteiger partial charge in [0.25, 0.3) is 0 Å². The Morgan fingerprint density at radius 1 is 0.333 bits per heavy atom. The van der Waals surface area contributed by atoms with Crippen molar-refractivity contribution >= 4 is 39.0 Å². The van der Waals surface area contributed by atoms with Crippen LogP contribution in [0.25, 0.3) is 55.3 Å². The number of para-hydroxylation sites is 1. The molecule has 284 valence electrons. The average molecular weight is 768 g/mol. The van der Waals surface area contributed by atoms with Crippen LogP contribution < -0.4 is 4.90 Å². The zero-order valence-electron chi connectivity index (χ0n) is 33.6. The van der Waals surface area contributed by atoms with Crippen molar-refractivity contribution in [2.45, 2.75) is 24.7 Å². The van der Waals surface area contributed by atoms with Gasteiger partial charge in [-0.2, -0.15) is 0 Å². The van der Waals surface area contributed by atoms with E-state index in [1.54, 1.807) is 0 Å². The third-order valence-electron chi connectivity index (χ3n) is 13.6. The molecule has 2 heteroatoms. The molecule has 1 heterocycles. The fourth-order valence-corrected chi connectivity index (χ4v) is 10.6. The summed E-state index contributed by atoms with van der Waals surface area (Å²) in [6, 6.07) is 78.0. The van der Waals surface area contributed by atoms with Crippen molar-refractivity contribution in [3.63, 3.8) is 0 Å². The number of hydrogen-bond donors (Lipinski definition) is 0. The lowest BCUT2D eigenvalue weighted by molar-refractivity contribution is 0.669. The molecular formula is C58H41NO. The van der Waals surface area contributed by atoms with E-state index in [1.165, 1.54) is 55.6 Å². The molecule has 12 rings (SSSR count). The Morgan fingerprint density at radius 3 is 1.55 bits per heavy atom. The monoisotopic (exact) mass is 767 g/mol. The molecule has 0 fully saturated rings. The van der Waals surface area contributed by atoms with Gasteiger partial charge < -0.3 is 9.32 Å². The lowest BCUT2D eigenvalue weighted by atomic mass is 9.74. The van der Waals surface area contributed by atoms with E-state index in [9.17, 15) is 0 Å². The summed E-state index contributed by atoms with van der Waals surface area (Å²) in [5.41, 5.74) is 20.0. The van der Waals surface area contributed by atoms with Crippen molar-refractivity contribution in [1.29, 1.82) is 0 Å². The largest absolute Gasteiger partial charge is 0.456 e. The third kappa shape index (κ3) is 4.94. The van der Waals surface area contributed by atoms with E-state index >= 15 is 0 Å². The average Bonchev–Trinajstić information content (AvgIpc) is 3.91. The van der Waals surface area contributed by atoms with E-state index < -0.39 is 0 Å². The molecule has 0 saturated heterocycles. The molecule has 0 saturated carbocycles. The Bertz CT molecular complexity index is 3290. The van der Waals surface area contributed by atoms with E-state index in [-0.39, 0.29) is 10.8 Å². The van der Waals surface area contributed by atoms with Crippen LogP contribution in [0, 0.1) is 0 Å². The Labute approximate surface area is 350 Å². The van der Waals surface area contributed by atoms with Gasteiger partial charge in [0.1, 0.15) is 11.2 Å². The maximum Gasteiger partial charge on any atom is 0.135 e. The predicted molar refractivity (Wildman–Crippen MR) is 249 cm³/mol. The molecule has 2 nitrogen and oxygen atoms in total. The van der Waals surface area contributed by atoms with Crippen LogP contribution in [0.2, 0.25) is 0 Å². The topological polar surface area (TPSA) is 16.4 Å². The second-order valence-corrected chi connectivity index (χ2v) is 16.7. The predicted octanol–water partition coefficient (Wildman–Crippen LogP) is 15.4. The van der Waals surface area contributed by atoms with E-state index in [1.807, 2.05) is 12.1 Å². The highest BCUT2D eigenvalue weighted by molar-refractivity contribution is 6.06. The van der Waals surface area contributed by atoms with Crippen molar-refractivity contribution in [1.82, 2.24) is 0 Å². The van der Waals surface area contributed by atoms with Crippen molar-refractivity contribution in [3.8, 4) is 33.4 Å². The lowest BCUT2D eigenvalue weighted by Gasteiger charge is -2.31. The summed E-state index contributed by atoms with van der Waals surface area (Å²) in [5.74, 6) is 0. The molecule has 2 aliphatic carbocycles. The van der Waals surface area contributed by atoms with Gasteiger partial charge >= 0.3 is 0 Å². The molecule has 0 bridgehead atoms. The smallest absolute Gasteiger partial charge is 0.135 e. The number of anilines is 3. The number of fused-ring (bicyclic) bond motifs is 9. The van der Waals surface area contributed by atoms with Gasteiger partial charge in [-0.05, 0) is 135 Å². The van der Waals surface area contributed by atoms with Crippen LogP contribution in [-0.4, -0.2) is 0 Å². The zero-order chi connectivity index (χ0) is 40.0. The van der Waals surface area contributed by atoms with Gasteiger partial charge in [-0.1, -0.05) is 158 Å².